The highest BCUT2D eigenvalue weighted by Gasteiger charge is 2.19. The van der Waals surface area contributed by atoms with E-state index in [-0.39, 0.29) is 5.91 Å². The van der Waals surface area contributed by atoms with Crippen LogP contribution in [0.4, 0.5) is 11.6 Å². The molecule has 0 radical (unpaired) electrons. The molecular formula is C19H25N5O2. The third kappa shape index (κ3) is 3.94. The molecular weight excluding hydrogens is 330 g/mol. The van der Waals surface area contributed by atoms with Crippen molar-refractivity contribution in [2.24, 2.45) is 0 Å². The number of nitrogens with one attached hydrogen (secondary N) is 1. The maximum atomic E-state index is 12.5. The van der Waals surface area contributed by atoms with Gasteiger partial charge >= 0.3 is 0 Å². The van der Waals surface area contributed by atoms with Gasteiger partial charge in [-0.05, 0) is 45.2 Å². The molecule has 26 heavy (non-hydrogen) atoms. The Morgan fingerprint density at radius 2 is 1.62 bits per heavy atom. The Morgan fingerprint density at radius 1 is 1.04 bits per heavy atom. The number of aryl methyl sites for hydroxylation is 2. The Labute approximate surface area is 154 Å². The number of amides is 1. The Kier molecular flexibility index (Phi) is 5.37. The first-order valence-electron chi connectivity index (χ1n) is 8.72. The molecule has 1 N–H and O–H groups in total. The minimum absolute atomic E-state index is 0.185. The van der Waals surface area contributed by atoms with Crippen LogP contribution < -0.4 is 15.0 Å². The summed E-state index contributed by atoms with van der Waals surface area (Å²) >= 11 is 0. The van der Waals surface area contributed by atoms with E-state index in [9.17, 15) is 4.79 Å². The maximum absolute atomic E-state index is 12.5. The lowest BCUT2D eigenvalue weighted by Gasteiger charge is -2.32. The molecule has 1 aliphatic rings. The quantitative estimate of drug-likeness (QED) is 0.906. The van der Waals surface area contributed by atoms with E-state index in [0.717, 1.165) is 43.5 Å². The third-order valence-electron chi connectivity index (χ3n) is 4.64. The Balaban J connectivity index is 1.76. The van der Waals surface area contributed by atoms with Gasteiger partial charge in [-0.2, -0.15) is 0 Å². The van der Waals surface area contributed by atoms with E-state index in [4.69, 9.17) is 4.74 Å². The van der Waals surface area contributed by atoms with E-state index in [1.54, 1.807) is 31.4 Å². The lowest BCUT2D eigenvalue weighted by Crippen LogP contribution is -2.45. The normalized spacial score (nSPS) is 15.0. The summed E-state index contributed by atoms with van der Waals surface area (Å²) in [5, 5.41) is 2.94. The van der Waals surface area contributed by atoms with E-state index < -0.39 is 0 Å². The van der Waals surface area contributed by atoms with Crippen LogP contribution >= 0.6 is 0 Å². The first-order chi connectivity index (χ1) is 12.5. The van der Waals surface area contributed by atoms with Gasteiger partial charge in [0, 0.05) is 31.7 Å². The summed E-state index contributed by atoms with van der Waals surface area (Å²) in [6.07, 6.45) is 0. The van der Waals surface area contributed by atoms with Crippen molar-refractivity contribution in [1.82, 2.24) is 14.9 Å². The summed E-state index contributed by atoms with van der Waals surface area (Å²) < 4.78 is 5.12. The number of carbonyl (C=O) groups is 1. The van der Waals surface area contributed by atoms with Gasteiger partial charge in [-0.1, -0.05) is 0 Å². The van der Waals surface area contributed by atoms with Crippen LogP contribution in [0.5, 0.6) is 5.75 Å². The molecule has 0 unspecified atom stereocenters. The van der Waals surface area contributed by atoms with Crippen LogP contribution in [0.3, 0.4) is 0 Å². The van der Waals surface area contributed by atoms with Gasteiger partial charge in [-0.25, -0.2) is 9.97 Å². The molecule has 0 spiro atoms. The highest BCUT2D eigenvalue weighted by atomic mass is 16.5. The van der Waals surface area contributed by atoms with E-state index in [1.807, 2.05) is 13.8 Å². The number of benzene rings is 1. The highest BCUT2D eigenvalue weighted by Crippen LogP contribution is 2.22. The monoisotopic (exact) mass is 355 g/mol. The number of rotatable bonds is 4. The molecule has 138 valence electrons. The molecule has 1 aromatic heterocycles. The number of likely N-dealkylation sites (N-methyl/N-ethyl adjacent to an activating group) is 1. The molecule has 7 heteroatoms. The molecule has 1 amide bonds. The number of aromatic nitrogens is 2. The Hall–Kier alpha value is -2.67. The fraction of sp³-hybridized carbons (Fsp3) is 0.421. The SMILES string of the molecule is COc1ccc(C(=O)Nc2c(C)nc(N3CCN(C)CC3)nc2C)cc1. The molecule has 0 atom stereocenters. The maximum Gasteiger partial charge on any atom is 0.255 e. The molecule has 2 aromatic rings. The fourth-order valence-electron chi connectivity index (χ4n) is 2.96. The number of methoxy groups -OCH3 is 1. The average molecular weight is 355 g/mol. The first kappa shape index (κ1) is 18.1. The third-order valence-corrected chi connectivity index (χ3v) is 4.64. The molecule has 3 rings (SSSR count). The van der Waals surface area contributed by atoms with Gasteiger partial charge in [-0.15, -0.1) is 0 Å². The van der Waals surface area contributed by atoms with Crippen LogP contribution in [0.15, 0.2) is 24.3 Å². The number of carbonyl (C=O) groups excluding carboxylic acids is 1. The highest BCUT2D eigenvalue weighted by molar-refractivity contribution is 6.04. The molecule has 1 saturated heterocycles. The smallest absolute Gasteiger partial charge is 0.255 e. The minimum Gasteiger partial charge on any atom is -0.497 e. The second-order valence-corrected chi connectivity index (χ2v) is 6.54. The van der Waals surface area contributed by atoms with Crippen molar-refractivity contribution >= 4 is 17.5 Å². The number of piperazine rings is 1. The lowest BCUT2D eigenvalue weighted by atomic mass is 10.2. The number of nitrogens with zero attached hydrogens (tertiary/aromatic N) is 4. The summed E-state index contributed by atoms with van der Waals surface area (Å²) in [5.41, 5.74) is 2.78. The van der Waals surface area contributed by atoms with Gasteiger partial charge in [0.1, 0.15) is 5.75 Å². The molecule has 0 aliphatic carbocycles. The van der Waals surface area contributed by atoms with Crippen molar-refractivity contribution < 1.29 is 9.53 Å². The van der Waals surface area contributed by atoms with E-state index in [0.29, 0.717) is 17.0 Å². The zero-order valence-corrected chi connectivity index (χ0v) is 15.7. The molecule has 1 aliphatic heterocycles. The van der Waals surface area contributed by atoms with Gasteiger partial charge in [0.2, 0.25) is 5.95 Å². The largest absolute Gasteiger partial charge is 0.497 e. The number of hydrogen-bond acceptors (Lipinski definition) is 6. The topological polar surface area (TPSA) is 70.6 Å². The molecule has 0 bridgehead atoms. The zero-order chi connectivity index (χ0) is 18.7. The van der Waals surface area contributed by atoms with Crippen molar-refractivity contribution in [2.45, 2.75) is 13.8 Å². The molecule has 1 aromatic carbocycles. The van der Waals surface area contributed by atoms with Crippen LogP contribution in [0.25, 0.3) is 0 Å². The summed E-state index contributed by atoms with van der Waals surface area (Å²) in [4.78, 5) is 26.2. The van der Waals surface area contributed by atoms with Crippen LogP contribution in [0.1, 0.15) is 21.7 Å². The van der Waals surface area contributed by atoms with Crippen LogP contribution in [-0.2, 0) is 0 Å². The molecule has 0 saturated carbocycles. The van der Waals surface area contributed by atoms with Crippen LogP contribution in [0, 0.1) is 13.8 Å². The van der Waals surface area contributed by atoms with Crippen molar-refractivity contribution in [1.29, 1.82) is 0 Å². The minimum atomic E-state index is -0.185. The van der Waals surface area contributed by atoms with Gasteiger partial charge in [-0.3, -0.25) is 4.79 Å². The number of anilines is 2. The van der Waals surface area contributed by atoms with E-state index >= 15 is 0 Å². The fourth-order valence-corrected chi connectivity index (χ4v) is 2.96. The van der Waals surface area contributed by atoms with Crippen molar-refractivity contribution in [3.63, 3.8) is 0 Å². The van der Waals surface area contributed by atoms with Gasteiger partial charge in [0.25, 0.3) is 5.91 Å². The van der Waals surface area contributed by atoms with Crippen LogP contribution in [-0.4, -0.2) is 61.1 Å². The number of ether oxygens (including phenoxy) is 1. The molecule has 1 fully saturated rings. The standard InChI is InChI=1S/C19H25N5O2/c1-13-17(22-18(25)15-5-7-16(26-4)8-6-15)14(2)21-19(20-13)24-11-9-23(3)10-12-24/h5-8H,9-12H2,1-4H3,(H,22,25). The molecule has 7 nitrogen and oxygen atoms in total. The van der Waals surface area contributed by atoms with Crippen molar-refractivity contribution in [2.75, 3.05) is 50.6 Å². The average Bonchev–Trinajstić information content (AvgIpc) is 2.65. The second-order valence-electron chi connectivity index (χ2n) is 6.54. The summed E-state index contributed by atoms with van der Waals surface area (Å²) in [5.74, 6) is 1.26. The summed E-state index contributed by atoms with van der Waals surface area (Å²) in [6, 6.07) is 7.00. The predicted molar refractivity (Wildman–Crippen MR) is 102 cm³/mol. The van der Waals surface area contributed by atoms with Crippen LogP contribution in [0.2, 0.25) is 0 Å². The van der Waals surface area contributed by atoms with Crippen molar-refractivity contribution in [3.8, 4) is 5.75 Å². The Bertz CT molecular complexity index is 760. The second kappa shape index (κ2) is 7.70. The van der Waals surface area contributed by atoms with E-state index in [1.165, 1.54) is 0 Å². The molecule has 2 heterocycles. The zero-order valence-electron chi connectivity index (χ0n) is 15.7. The first-order valence-corrected chi connectivity index (χ1v) is 8.72. The van der Waals surface area contributed by atoms with Gasteiger partial charge in [0.15, 0.2) is 0 Å². The summed E-state index contributed by atoms with van der Waals surface area (Å²) in [6.45, 7) is 7.62. The van der Waals surface area contributed by atoms with Gasteiger partial charge in [0.05, 0.1) is 24.2 Å². The number of hydrogen-bond donors (Lipinski definition) is 1. The lowest BCUT2D eigenvalue weighted by molar-refractivity contribution is 0.102. The predicted octanol–water partition coefficient (Wildman–Crippen LogP) is 2.11. The Morgan fingerprint density at radius 3 is 2.15 bits per heavy atom. The van der Waals surface area contributed by atoms with E-state index in [2.05, 4.69) is 32.1 Å². The van der Waals surface area contributed by atoms with Crippen molar-refractivity contribution in [3.05, 3.63) is 41.2 Å². The summed E-state index contributed by atoms with van der Waals surface area (Å²) in [7, 11) is 3.72. The van der Waals surface area contributed by atoms with Gasteiger partial charge < -0.3 is 19.9 Å².